The van der Waals surface area contributed by atoms with Gasteiger partial charge in [0, 0.05) is 10.9 Å². The van der Waals surface area contributed by atoms with Crippen molar-refractivity contribution in [1.82, 2.24) is 4.98 Å². The molecule has 0 fully saturated rings. The van der Waals surface area contributed by atoms with E-state index in [9.17, 15) is 0 Å². The van der Waals surface area contributed by atoms with Gasteiger partial charge in [0.1, 0.15) is 5.01 Å². The summed E-state index contributed by atoms with van der Waals surface area (Å²) in [6, 6.07) is 8.61. The maximum absolute atomic E-state index is 5.32. The van der Waals surface area contributed by atoms with Crippen LogP contribution in [0.2, 0.25) is 0 Å². The molecule has 0 amide bonds. The summed E-state index contributed by atoms with van der Waals surface area (Å²) in [5.74, 6) is 6.65. The number of nitrogens with zero attached hydrogens (tertiary/aromatic N) is 1. The Bertz CT molecular complexity index is 476. The van der Waals surface area contributed by atoms with Crippen molar-refractivity contribution in [3.8, 4) is 10.6 Å². The van der Waals surface area contributed by atoms with Gasteiger partial charge in [0.15, 0.2) is 5.82 Å². The maximum Gasteiger partial charge on any atom is 0.151 e. The summed E-state index contributed by atoms with van der Waals surface area (Å²) in [5.41, 5.74) is 5.08. The highest BCUT2D eigenvalue weighted by atomic mass is 32.1. The van der Waals surface area contributed by atoms with Crippen LogP contribution in [0, 0.1) is 0 Å². The summed E-state index contributed by atoms with van der Waals surface area (Å²) in [6.45, 7) is 4.45. The number of benzene rings is 1. The van der Waals surface area contributed by atoms with Crippen LogP contribution >= 0.6 is 11.3 Å². The molecule has 1 aromatic heterocycles. The number of hydrogen-bond acceptors (Lipinski definition) is 4. The molecule has 17 heavy (non-hydrogen) atoms. The molecule has 0 aliphatic heterocycles. The minimum absolute atomic E-state index is 0.613. The predicted molar refractivity (Wildman–Crippen MR) is 74.1 cm³/mol. The Morgan fingerprint density at radius 2 is 2.06 bits per heavy atom. The van der Waals surface area contributed by atoms with Crippen LogP contribution in [0.4, 0.5) is 5.82 Å². The third-order valence-corrected chi connectivity index (χ3v) is 3.88. The summed E-state index contributed by atoms with van der Waals surface area (Å²) in [5, 5.41) is 2.91. The molecule has 1 unspecified atom stereocenters. The van der Waals surface area contributed by atoms with Crippen molar-refractivity contribution in [2.45, 2.75) is 26.2 Å². The van der Waals surface area contributed by atoms with Gasteiger partial charge in [-0.05, 0) is 17.9 Å². The van der Waals surface area contributed by atoms with Crippen molar-refractivity contribution >= 4 is 17.2 Å². The van der Waals surface area contributed by atoms with E-state index in [4.69, 9.17) is 5.84 Å². The molecule has 2 aromatic rings. The normalized spacial score (nSPS) is 12.4. The first kappa shape index (κ1) is 12.1. The first-order chi connectivity index (χ1) is 8.24. The lowest BCUT2D eigenvalue weighted by Gasteiger charge is -2.08. The summed E-state index contributed by atoms with van der Waals surface area (Å²) in [7, 11) is 0. The van der Waals surface area contributed by atoms with Crippen LogP contribution in [0.5, 0.6) is 0 Å². The van der Waals surface area contributed by atoms with Crippen molar-refractivity contribution in [1.29, 1.82) is 0 Å². The van der Waals surface area contributed by atoms with Gasteiger partial charge in [-0.1, -0.05) is 38.1 Å². The Kier molecular flexibility index (Phi) is 3.76. The third-order valence-electron chi connectivity index (χ3n) is 2.99. The lowest BCUT2D eigenvalue weighted by Crippen LogP contribution is -2.06. The van der Waals surface area contributed by atoms with Crippen molar-refractivity contribution in [2.75, 3.05) is 5.43 Å². The van der Waals surface area contributed by atoms with E-state index in [0.29, 0.717) is 5.92 Å². The summed E-state index contributed by atoms with van der Waals surface area (Å²) < 4.78 is 0. The molecule has 0 aliphatic carbocycles. The average molecular weight is 247 g/mol. The molecule has 0 saturated carbocycles. The molecule has 0 aliphatic rings. The minimum Gasteiger partial charge on any atom is -0.308 e. The molecule has 0 spiro atoms. The minimum atomic E-state index is 0.613. The molecule has 3 N–H and O–H groups in total. The zero-order valence-electron chi connectivity index (χ0n) is 10.1. The van der Waals surface area contributed by atoms with Crippen LogP contribution in [-0.4, -0.2) is 4.98 Å². The lowest BCUT2D eigenvalue weighted by atomic mass is 9.98. The molecule has 1 atom stereocenters. The van der Waals surface area contributed by atoms with Crippen molar-refractivity contribution in [2.24, 2.45) is 5.84 Å². The second-order valence-corrected chi connectivity index (χ2v) is 4.97. The second kappa shape index (κ2) is 5.29. The van der Waals surface area contributed by atoms with Crippen LogP contribution < -0.4 is 11.3 Å². The van der Waals surface area contributed by atoms with E-state index in [2.05, 4.69) is 48.5 Å². The topological polar surface area (TPSA) is 50.9 Å². The van der Waals surface area contributed by atoms with E-state index in [1.54, 1.807) is 11.3 Å². The van der Waals surface area contributed by atoms with Gasteiger partial charge >= 0.3 is 0 Å². The Labute approximate surface area is 106 Å². The molecule has 1 aromatic carbocycles. The van der Waals surface area contributed by atoms with E-state index in [0.717, 1.165) is 22.8 Å². The average Bonchev–Trinajstić information content (AvgIpc) is 2.87. The molecule has 3 nitrogen and oxygen atoms in total. The number of thiazole rings is 1. The second-order valence-electron chi connectivity index (χ2n) is 4.11. The molecular weight excluding hydrogens is 230 g/mol. The first-order valence-corrected chi connectivity index (χ1v) is 6.65. The van der Waals surface area contributed by atoms with Crippen LogP contribution in [0.1, 0.15) is 31.7 Å². The van der Waals surface area contributed by atoms with Gasteiger partial charge in [-0.15, -0.1) is 11.3 Å². The van der Waals surface area contributed by atoms with Gasteiger partial charge in [-0.25, -0.2) is 10.8 Å². The van der Waals surface area contributed by atoms with Crippen LogP contribution in [0.3, 0.4) is 0 Å². The zero-order chi connectivity index (χ0) is 12.3. The van der Waals surface area contributed by atoms with Crippen molar-refractivity contribution in [3.63, 3.8) is 0 Å². The number of anilines is 1. The smallest absolute Gasteiger partial charge is 0.151 e. The maximum atomic E-state index is 5.32. The number of nitrogen functional groups attached to an aromatic ring is 1. The van der Waals surface area contributed by atoms with Gasteiger partial charge in [0.2, 0.25) is 0 Å². The van der Waals surface area contributed by atoms with Gasteiger partial charge in [-0.3, -0.25) is 0 Å². The van der Waals surface area contributed by atoms with E-state index < -0.39 is 0 Å². The fourth-order valence-electron chi connectivity index (χ4n) is 1.66. The molecule has 90 valence electrons. The number of nitrogens with one attached hydrogen (secondary N) is 1. The number of nitrogens with two attached hydrogens (primary N) is 1. The van der Waals surface area contributed by atoms with E-state index in [-0.39, 0.29) is 0 Å². The Hall–Kier alpha value is -1.39. The van der Waals surface area contributed by atoms with Gasteiger partial charge in [-0.2, -0.15) is 0 Å². The van der Waals surface area contributed by atoms with Crippen LogP contribution in [0.25, 0.3) is 10.6 Å². The fraction of sp³-hybridized carbons (Fsp3) is 0.308. The third kappa shape index (κ3) is 2.65. The molecule has 1 heterocycles. The molecule has 4 heteroatoms. The first-order valence-electron chi connectivity index (χ1n) is 5.77. The predicted octanol–water partition coefficient (Wildman–Crippen LogP) is 3.61. The number of hydrazine groups is 1. The standard InChI is InChI=1S/C13H17N3S/c1-3-9(2)10-4-6-11(7-5-10)13-15-12(16-14)8-17-13/h4-9,16H,3,14H2,1-2H3. The van der Waals surface area contributed by atoms with Crippen LogP contribution in [-0.2, 0) is 0 Å². The summed E-state index contributed by atoms with van der Waals surface area (Å²) >= 11 is 1.59. The molecule has 2 rings (SSSR count). The van der Waals surface area contributed by atoms with Gasteiger partial charge in [0.25, 0.3) is 0 Å². The highest BCUT2D eigenvalue weighted by Crippen LogP contribution is 2.27. The largest absolute Gasteiger partial charge is 0.308 e. The lowest BCUT2D eigenvalue weighted by molar-refractivity contribution is 0.734. The monoisotopic (exact) mass is 247 g/mol. The van der Waals surface area contributed by atoms with Crippen LogP contribution in [0.15, 0.2) is 29.6 Å². The zero-order valence-corrected chi connectivity index (χ0v) is 10.9. The summed E-state index contributed by atoms with van der Waals surface area (Å²) in [6.07, 6.45) is 1.16. The van der Waals surface area contributed by atoms with Crippen molar-refractivity contribution in [3.05, 3.63) is 35.2 Å². The number of rotatable bonds is 4. The van der Waals surface area contributed by atoms with E-state index in [1.807, 2.05) is 5.38 Å². The fourth-order valence-corrected chi connectivity index (χ4v) is 2.43. The van der Waals surface area contributed by atoms with E-state index in [1.165, 1.54) is 5.56 Å². The van der Waals surface area contributed by atoms with Gasteiger partial charge in [0.05, 0.1) is 0 Å². The SMILES string of the molecule is CCC(C)c1ccc(-c2nc(NN)cs2)cc1. The quantitative estimate of drug-likeness (QED) is 0.641. The Balaban J connectivity index is 2.22. The molecular formula is C13H17N3S. The van der Waals surface area contributed by atoms with Gasteiger partial charge < -0.3 is 5.43 Å². The van der Waals surface area contributed by atoms with E-state index >= 15 is 0 Å². The Morgan fingerprint density at radius 3 is 2.59 bits per heavy atom. The number of hydrogen-bond donors (Lipinski definition) is 2. The molecule has 0 bridgehead atoms. The van der Waals surface area contributed by atoms with Crippen molar-refractivity contribution < 1.29 is 0 Å². The highest BCUT2D eigenvalue weighted by Gasteiger charge is 2.06. The molecule has 0 saturated heterocycles. The summed E-state index contributed by atoms with van der Waals surface area (Å²) in [4.78, 5) is 4.38. The number of aromatic nitrogens is 1. The highest BCUT2D eigenvalue weighted by molar-refractivity contribution is 7.13. The molecule has 0 radical (unpaired) electrons. The Morgan fingerprint density at radius 1 is 1.35 bits per heavy atom.